The lowest BCUT2D eigenvalue weighted by atomic mass is 9.76. The second kappa shape index (κ2) is 17.4. The second-order valence-corrected chi connectivity index (χ2v) is 11.7. The Bertz CT molecular complexity index is 1150. The van der Waals surface area contributed by atoms with E-state index < -0.39 is 25.5 Å². The lowest BCUT2D eigenvalue weighted by Crippen LogP contribution is -2.24. The number of ether oxygens (including phenoxy) is 2. The minimum atomic E-state index is -1.33. The standard InChI is InChI=1S/C36H50O6/c1-5-7-8-9-27-10-12-29(13-11-27)32-18-19-34(28(6-2)20-32)31-16-14-30(15-17-31)33(23-41-35(39)25(3)21-37)24-42-36(40)26(4)22-38/h14-20,27,29,33,35,37-39H,3-13,21-24H2,1-2H3. The minimum Gasteiger partial charge on any atom is -0.462 e. The van der Waals surface area contributed by atoms with Crippen LogP contribution in [0.5, 0.6) is 0 Å². The summed E-state index contributed by atoms with van der Waals surface area (Å²) in [5.41, 5.74) is 6.11. The van der Waals surface area contributed by atoms with Gasteiger partial charge in [0, 0.05) is 11.5 Å². The SMILES string of the molecule is C=C(CO)C(=O)OCC(COC(O)C(=C)CO)c1ccc(-c2ccc(C3CCC(CCCCC)CC3)cc2CC)cc1. The van der Waals surface area contributed by atoms with E-state index in [1.165, 1.54) is 68.1 Å². The molecule has 0 heterocycles. The van der Waals surface area contributed by atoms with Crippen LogP contribution in [0.2, 0.25) is 0 Å². The highest BCUT2D eigenvalue weighted by Gasteiger charge is 2.23. The fraction of sp³-hybridized carbons (Fsp3) is 0.528. The number of aryl methyl sites for hydroxylation is 1. The Kier molecular flexibility index (Phi) is 14.0. The molecule has 3 N–H and O–H groups in total. The van der Waals surface area contributed by atoms with E-state index in [1.54, 1.807) is 0 Å². The van der Waals surface area contributed by atoms with Crippen LogP contribution >= 0.6 is 0 Å². The Morgan fingerprint density at radius 1 is 0.952 bits per heavy atom. The third-order valence-corrected chi connectivity index (χ3v) is 8.64. The summed E-state index contributed by atoms with van der Waals surface area (Å²) >= 11 is 0. The summed E-state index contributed by atoms with van der Waals surface area (Å²) in [5, 5.41) is 28.5. The lowest BCUT2D eigenvalue weighted by molar-refractivity contribution is -0.141. The van der Waals surface area contributed by atoms with E-state index >= 15 is 0 Å². The first-order valence-corrected chi connectivity index (χ1v) is 15.6. The van der Waals surface area contributed by atoms with E-state index in [9.17, 15) is 20.1 Å². The average molecular weight is 579 g/mol. The van der Waals surface area contributed by atoms with Gasteiger partial charge in [-0.3, -0.25) is 0 Å². The van der Waals surface area contributed by atoms with Crippen LogP contribution < -0.4 is 0 Å². The first-order chi connectivity index (χ1) is 20.3. The molecule has 2 aromatic rings. The van der Waals surface area contributed by atoms with Gasteiger partial charge in [-0.1, -0.05) is 95.2 Å². The van der Waals surface area contributed by atoms with Crippen molar-refractivity contribution in [3.8, 4) is 11.1 Å². The van der Waals surface area contributed by atoms with Gasteiger partial charge in [0.05, 0.1) is 25.4 Å². The van der Waals surface area contributed by atoms with E-state index in [0.717, 1.165) is 23.5 Å². The average Bonchev–Trinajstić information content (AvgIpc) is 3.03. The van der Waals surface area contributed by atoms with Crippen molar-refractivity contribution in [3.63, 3.8) is 0 Å². The van der Waals surface area contributed by atoms with E-state index in [0.29, 0.717) is 5.92 Å². The fourth-order valence-electron chi connectivity index (χ4n) is 5.83. The van der Waals surface area contributed by atoms with Gasteiger partial charge in [-0.15, -0.1) is 0 Å². The van der Waals surface area contributed by atoms with Crippen LogP contribution in [0, 0.1) is 5.92 Å². The zero-order valence-electron chi connectivity index (χ0n) is 25.5. The first kappa shape index (κ1) is 33.7. The smallest absolute Gasteiger partial charge is 0.335 e. The van der Waals surface area contributed by atoms with Crippen molar-refractivity contribution >= 4 is 5.97 Å². The highest BCUT2D eigenvalue weighted by atomic mass is 16.6. The molecule has 230 valence electrons. The Balaban J connectivity index is 1.71. The summed E-state index contributed by atoms with van der Waals surface area (Å²) in [7, 11) is 0. The number of aliphatic hydroxyl groups excluding tert-OH is 3. The van der Waals surface area contributed by atoms with Crippen molar-refractivity contribution in [3.05, 3.63) is 83.5 Å². The number of rotatable bonds is 17. The molecule has 42 heavy (non-hydrogen) atoms. The number of hydrogen-bond donors (Lipinski definition) is 3. The zero-order chi connectivity index (χ0) is 30.5. The van der Waals surface area contributed by atoms with Gasteiger partial charge in [0.25, 0.3) is 0 Å². The summed E-state index contributed by atoms with van der Waals surface area (Å²) in [6.45, 7) is 10.7. The van der Waals surface area contributed by atoms with Gasteiger partial charge in [-0.2, -0.15) is 0 Å². The third kappa shape index (κ3) is 9.63. The van der Waals surface area contributed by atoms with Crippen molar-refractivity contribution in [1.29, 1.82) is 0 Å². The van der Waals surface area contributed by atoms with Crippen molar-refractivity contribution in [2.75, 3.05) is 26.4 Å². The molecule has 1 saturated carbocycles. The third-order valence-electron chi connectivity index (χ3n) is 8.64. The number of carbonyl (C=O) groups is 1. The summed E-state index contributed by atoms with van der Waals surface area (Å²) in [4.78, 5) is 12.1. The molecule has 2 unspecified atom stereocenters. The van der Waals surface area contributed by atoms with Crippen molar-refractivity contribution in [2.24, 2.45) is 5.92 Å². The maximum absolute atomic E-state index is 12.1. The topological polar surface area (TPSA) is 96.2 Å². The molecule has 2 atom stereocenters. The normalized spacial score (nSPS) is 18.3. The molecular formula is C36H50O6. The van der Waals surface area contributed by atoms with Crippen LogP contribution in [0.1, 0.15) is 93.7 Å². The van der Waals surface area contributed by atoms with Gasteiger partial charge < -0.3 is 24.8 Å². The molecule has 6 nitrogen and oxygen atoms in total. The van der Waals surface area contributed by atoms with Crippen molar-refractivity contribution in [2.45, 2.75) is 89.8 Å². The van der Waals surface area contributed by atoms with Gasteiger partial charge in [-0.05, 0) is 71.8 Å². The van der Waals surface area contributed by atoms with Crippen LogP contribution in [-0.4, -0.2) is 54.0 Å². The van der Waals surface area contributed by atoms with Crippen molar-refractivity contribution in [1.82, 2.24) is 0 Å². The van der Waals surface area contributed by atoms with Gasteiger partial charge in [0.2, 0.25) is 0 Å². The van der Waals surface area contributed by atoms with Crippen LogP contribution in [-0.2, 0) is 20.7 Å². The molecule has 0 bridgehead atoms. The molecule has 6 heteroatoms. The maximum Gasteiger partial charge on any atom is 0.335 e. The van der Waals surface area contributed by atoms with Crippen LogP contribution in [0.3, 0.4) is 0 Å². The minimum absolute atomic E-state index is 0.0225. The number of hydrogen-bond acceptors (Lipinski definition) is 6. The Morgan fingerprint density at radius 3 is 2.29 bits per heavy atom. The van der Waals surface area contributed by atoms with Crippen molar-refractivity contribution < 1.29 is 29.6 Å². The fourth-order valence-corrected chi connectivity index (χ4v) is 5.83. The number of unbranched alkanes of at least 4 members (excludes halogenated alkanes) is 2. The maximum atomic E-state index is 12.1. The monoisotopic (exact) mass is 578 g/mol. The molecule has 3 rings (SSSR count). The lowest BCUT2D eigenvalue weighted by Gasteiger charge is -2.29. The van der Waals surface area contributed by atoms with E-state index in [-0.39, 0.29) is 30.3 Å². The molecule has 0 aliphatic heterocycles. The Hall–Kier alpha value is -2.77. The number of esters is 1. The van der Waals surface area contributed by atoms with Crippen LogP contribution in [0.15, 0.2) is 66.8 Å². The zero-order valence-corrected chi connectivity index (χ0v) is 25.5. The van der Waals surface area contributed by atoms with Crippen LogP contribution in [0.4, 0.5) is 0 Å². The summed E-state index contributed by atoms with van der Waals surface area (Å²) in [6, 6.07) is 15.1. The van der Waals surface area contributed by atoms with Crippen LogP contribution in [0.25, 0.3) is 11.1 Å². The summed E-state index contributed by atoms with van der Waals surface area (Å²) in [5.74, 6) is 0.480. The predicted molar refractivity (Wildman–Crippen MR) is 168 cm³/mol. The molecule has 1 aliphatic rings. The largest absolute Gasteiger partial charge is 0.462 e. The first-order valence-electron chi connectivity index (χ1n) is 15.6. The Morgan fingerprint density at radius 2 is 1.67 bits per heavy atom. The molecule has 2 aromatic carbocycles. The van der Waals surface area contributed by atoms with Gasteiger partial charge in [0.1, 0.15) is 6.61 Å². The molecule has 0 amide bonds. The van der Waals surface area contributed by atoms with Gasteiger partial charge >= 0.3 is 5.97 Å². The number of carbonyl (C=O) groups excluding carboxylic acids is 1. The quantitative estimate of drug-likeness (QED) is 0.0626. The summed E-state index contributed by atoms with van der Waals surface area (Å²) < 4.78 is 10.9. The summed E-state index contributed by atoms with van der Waals surface area (Å²) in [6.07, 6.45) is 10.3. The molecule has 0 spiro atoms. The molecular weight excluding hydrogens is 528 g/mol. The predicted octanol–water partition coefficient (Wildman–Crippen LogP) is 6.83. The highest BCUT2D eigenvalue weighted by molar-refractivity contribution is 5.87. The van der Waals surface area contributed by atoms with Gasteiger partial charge in [-0.25, -0.2) is 4.79 Å². The molecule has 0 aromatic heterocycles. The molecule has 0 saturated heterocycles. The molecule has 1 fully saturated rings. The van der Waals surface area contributed by atoms with E-state index in [2.05, 4.69) is 57.3 Å². The Labute approximate surface area is 252 Å². The van der Waals surface area contributed by atoms with Gasteiger partial charge in [0.15, 0.2) is 6.29 Å². The number of aliphatic hydroxyl groups is 3. The molecule has 1 aliphatic carbocycles. The van der Waals surface area contributed by atoms with E-state index in [1.807, 2.05) is 12.1 Å². The molecule has 0 radical (unpaired) electrons. The highest BCUT2D eigenvalue weighted by Crippen LogP contribution is 2.39. The number of benzene rings is 2. The second-order valence-electron chi connectivity index (χ2n) is 11.7. The van der Waals surface area contributed by atoms with E-state index in [4.69, 9.17) is 9.47 Å².